The van der Waals surface area contributed by atoms with Gasteiger partial charge in [0.15, 0.2) is 11.1 Å². The Morgan fingerprint density at radius 3 is 2.48 bits per heavy atom. The Kier molecular flexibility index (Phi) is 10.7. The molecule has 31 heavy (non-hydrogen) atoms. The summed E-state index contributed by atoms with van der Waals surface area (Å²) in [4.78, 5) is 28.0. The van der Waals surface area contributed by atoms with Gasteiger partial charge in [-0.2, -0.15) is 11.8 Å². The molecular weight excluding hydrogens is 440 g/mol. The highest BCUT2D eigenvalue weighted by Gasteiger charge is 2.25. The van der Waals surface area contributed by atoms with Crippen LogP contribution in [0.1, 0.15) is 53.9 Å². The largest absolute Gasteiger partial charge is 0.862 e. The molecule has 0 spiro atoms. The number of esters is 1. The molecule has 1 unspecified atom stereocenters. The minimum atomic E-state index is -2.17. The summed E-state index contributed by atoms with van der Waals surface area (Å²) in [5.74, 6) is -0.519. The first-order valence-electron chi connectivity index (χ1n) is 9.90. The van der Waals surface area contributed by atoms with E-state index in [1.54, 1.807) is 31.2 Å². The number of aliphatic imine (C=N–C) groups is 1. The zero-order valence-corrected chi connectivity index (χ0v) is 20.2. The van der Waals surface area contributed by atoms with Crippen molar-refractivity contribution >= 4 is 52.0 Å². The summed E-state index contributed by atoms with van der Waals surface area (Å²) in [6.45, 7) is 8.94. The van der Waals surface area contributed by atoms with E-state index in [1.807, 2.05) is 13.8 Å². The molecule has 0 aliphatic heterocycles. The number of thioether (sulfide) groups is 1. The second kappa shape index (κ2) is 12.2. The van der Waals surface area contributed by atoms with E-state index >= 15 is 0 Å². The molecule has 0 saturated carbocycles. The van der Waals surface area contributed by atoms with Crippen LogP contribution >= 0.6 is 11.8 Å². The van der Waals surface area contributed by atoms with Gasteiger partial charge in [0.2, 0.25) is 5.91 Å². The van der Waals surface area contributed by atoms with Crippen molar-refractivity contribution in [1.82, 2.24) is 0 Å². The number of carbonyl (C=O) groups excluding carboxylic acids is 2. The van der Waals surface area contributed by atoms with Crippen LogP contribution in [0.4, 0.5) is 11.4 Å². The zero-order valence-electron chi connectivity index (χ0n) is 18.6. The molecule has 0 fully saturated rings. The Balaban J connectivity index is 2.76. The van der Waals surface area contributed by atoms with E-state index in [9.17, 15) is 23.5 Å². The van der Waals surface area contributed by atoms with Gasteiger partial charge in [-0.25, -0.2) is 4.21 Å². The van der Waals surface area contributed by atoms with Crippen molar-refractivity contribution in [3.8, 4) is 0 Å². The predicted octanol–water partition coefficient (Wildman–Crippen LogP) is 3.26. The third-order valence-corrected chi connectivity index (χ3v) is 6.59. The van der Waals surface area contributed by atoms with Crippen molar-refractivity contribution in [1.29, 1.82) is 0 Å². The number of nitrogens with one attached hydrogen (secondary N) is 1. The van der Waals surface area contributed by atoms with Gasteiger partial charge in [0.25, 0.3) is 0 Å². The third-order valence-electron chi connectivity index (χ3n) is 4.16. The molecule has 2 N–H and O–H groups in total. The fraction of sp³-hybridized carbons (Fsp3) is 0.571. The van der Waals surface area contributed by atoms with Crippen molar-refractivity contribution in [2.24, 2.45) is 4.99 Å². The van der Waals surface area contributed by atoms with Crippen LogP contribution in [0.25, 0.3) is 0 Å². The second-order valence-electron chi connectivity index (χ2n) is 8.10. The van der Waals surface area contributed by atoms with Crippen LogP contribution in [0.3, 0.4) is 0 Å². The van der Waals surface area contributed by atoms with E-state index in [0.717, 1.165) is 0 Å². The number of amides is 1. The number of anilines is 1. The normalized spacial score (nSPS) is 13.5. The van der Waals surface area contributed by atoms with Gasteiger partial charge >= 0.3 is 5.97 Å². The Morgan fingerprint density at radius 1 is 1.23 bits per heavy atom. The highest BCUT2D eigenvalue weighted by atomic mass is 32.2. The first kappa shape index (κ1) is 27.1. The molecule has 1 aromatic rings. The molecule has 10 heteroatoms. The highest BCUT2D eigenvalue weighted by molar-refractivity contribution is 8.00. The summed E-state index contributed by atoms with van der Waals surface area (Å²) in [7, 11) is 0. The van der Waals surface area contributed by atoms with Gasteiger partial charge in [0.1, 0.15) is 0 Å². The first-order chi connectivity index (χ1) is 14.4. The molecular formula is C21H31N2O6S2-. The van der Waals surface area contributed by atoms with Crippen LogP contribution in [0.2, 0.25) is 0 Å². The standard InChI is InChI=1S/C21H32N2O6S2/c1-6-29-19(26)11-12-30-20(2,3)13-17(24)22-15-9-7-8-10-16(15)23-18(25)14-21(4,5)31(27)28/h7-10H,6,11-14H2,1-5H3,(H,22,24)(H,23,25)(H,27,28)/p-1. The van der Waals surface area contributed by atoms with E-state index < -0.39 is 26.5 Å². The van der Waals surface area contributed by atoms with Crippen LogP contribution < -0.4 is 10.4 Å². The van der Waals surface area contributed by atoms with Gasteiger partial charge in [0.05, 0.1) is 29.1 Å². The van der Waals surface area contributed by atoms with E-state index in [0.29, 0.717) is 18.0 Å². The van der Waals surface area contributed by atoms with Gasteiger partial charge < -0.3 is 19.7 Å². The zero-order chi connectivity index (χ0) is 23.7. The Labute approximate surface area is 190 Å². The average Bonchev–Trinajstić information content (AvgIpc) is 2.62. The molecule has 0 bridgehead atoms. The molecule has 0 radical (unpaired) electrons. The lowest BCUT2D eigenvalue weighted by atomic mass is 10.1. The maximum atomic E-state index is 12.6. The maximum Gasteiger partial charge on any atom is 0.306 e. The van der Waals surface area contributed by atoms with Crippen molar-refractivity contribution < 1.29 is 28.2 Å². The average molecular weight is 472 g/mol. The minimum absolute atomic E-state index is 0.194. The van der Waals surface area contributed by atoms with Crippen molar-refractivity contribution in [3.63, 3.8) is 0 Å². The number of nitrogens with zero attached hydrogens (tertiary/aromatic N) is 1. The summed E-state index contributed by atoms with van der Waals surface area (Å²) in [6.07, 6.45) is 0.268. The van der Waals surface area contributed by atoms with Crippen LogP contribution in [0.5, 0.6) is 0 Å². The number of carbonyl (C=O) groups is 2. The quantitative estimate of drug-likeness (QED) is 0.207. The molecule has 174 valence electrons. The Hall–Kier alpha value is -1.91. The topological polar surface area (TPSA) is 128 Å². The summed E-state index contributed by atoms with van der Waals surface area (Å²) in [5.41, 5.74) is 0.671. The summed E-state index contributed by atoms with van der Waals surface area (Å²) >= 11 is -0.666. The predicted molar refractivity (Wildman–Crippen MR) is 124 cm³/mol. The first-order valence-corrected chi connectivity index (χ1v) is 12.0. The van der Waals surface area contributed by atoms with Gasteiger partial charge in [-0.15, -0.1) is 0 Å². The number of rotatable bonds is 12. The minimum Gasteiger partial charge on any atom is -0.862 e. The summed E-state index contributed by atoms with van der Waals surface area (Å²) in [6, 6.07) is 6.63. The van der Waals surface area contributed by atoms with Crippen molar-refractivity contribution in [2.45, 2.75) is 63.4 Å². The van der Waals surface area contributed by atoms with Gasteiger partial charge in [-0.3, -0.25) is 14.6 Å². The molecule has 0 saturated heterocycles. The lowest BCUT2D eigenvalue weighted by Crippen LogP contribution is -2.34. The van der Waals surface area contributed by atoms with E-state index in [4.69, 9.17) is 4.74 Å². The molecule has 1 rings (SSSR count). The second-order valence-corrected chi connectivity index (χ2v) is 11.5. The smallest absolute Gasteiger partial charge is 0.306 e. The number of hydrogen-bond donors (Lipinski definition) is 2. The Morgan fingerprint density at radius 2 is 1.87 bits per heavy atom. The van der Waals surface area contributed by atoms with E-state index in [1.165, 1.54) is 25.6 Å². The number of benzene rings is 1. The summed E-state index contributed by atoms with van der Waals surface area (Å²) < 4.78 is 24.0. The number of para-hydroxylation sites is 2. The molecule has 1 aromatic carbocycles. The van der Waals surface area contributed by atoms with Crippen LogP contribution in [-0.4, -0.2) is 48.4 Å². The third kappa shape index (κ3) is 10.3. The number of ether oxygens (including phenoxy) is 1. The van der Waals surface area contributed by atoms with Crippen molar-refractivity contribution in [2.75, 3.05) is 17.7 Å². The van der Waals surface area contributed by atoms with Gasteiger partial charge in [-0.05, 0) is 45.2 Å². The molecule has 0 aliphatic rings. The molecule has 1 atom stereocenters. The molecule has 0 heterocycles. The lowest BCUT2D eigenvalue weighted by molar-refractivity contribution is -0.219. The van der Waals surface area contributed by atoms with Crippen LogP contribution in [0, 0.1) is 0 Å². The monoisotopic (exact) mass is 471 g/mol. The lowest BCUT2D eigenvalue weighted by Gasteiger charge is -2.24. The number of hydrogen-bond acceptors (Lipinski definition) is 7. The fourth-order valence-electron chi connectivity index (χ4n) is 2.55. The molecule has 8 nitrogen and oxygen atoms in total. The van der Waals surface area contributed by atoms with Gasteiger partial charge in [-0.1, -0.05) is 26.0 Å². The van der Waals surface area contributed by atoms with E-state index in [2.05, 4.69) is 10.3 Å². The van der Waals surface area contributed by atoms with E-state index in [-0.39, 0.29) is 36.8 Å². The molecule has 1 amide bonds. The van der Waals surface area contributed by atoms with Crippen molar-refractivity contribution in [3.05, 3.63) is 24.3 Å². The Bertz CT molecular complexity index is 824. The molecule has 0 aromatic heterocycles. The SMILES string of the molecule is CCOC(=O)CCSC(C)(C)CC(=O)Nc1ccccc1N=C([O-])CC(C)(C)S(=O)O. The van der Waals surface area contributed by atoms with Gasteiger partial charge in [0, 0.05) is 16.9 Å². The maximum absolute atomic E-state index is 12.6. The molecule has 0 aliphatic carbocycles. The summed E-state index contributed by atoms with van der Waals surface area (Å²) in [5, 5.41) is 15.0. The van der Waals surface area contributed by atoms with Crippen LogP contribution in [0.15, 0.2) is 29.3 Å². The highest BCUT2D eigenvalue weighted by Crippen LogP contribution is 2.31. The fourth-order valence-corrected chi connectivity index (χ4v) is 3.85. The van der Waals surface area contributed by atoms with Crippen LogP contribution in [-0.2, 0) is 25.4 Å².